The summed E-state index contributed by atoms with van der Waals surface area (Å²) in [5, 5.41) is 7.31. The summed E-state index contributed by atoms with van der Waals surface area (Å²) >= 11 is 0. The van der Waals surface area contributed by atoms with Crippen molar-refractivity contribution in [1.29, 1.82) is 0 Å². The van der Waals surface area contributed by atoms with Gasteiger partial charge in [-0.25, -0.2) is 13.4 Å². The van der Waals surface area contributed by atoms with E-state index >= 15 is 0 Å². The lowest BCUT2D eigenvalue weighted by Gasteiger charge is -2.21. The number of pyridine rings is 1. The fourth-order valence-corrected chi connectivity index (χ4v) is 5.72. The number of benzene rings is 1. The van der Waals surface area contributed by atoms with Crippen LogP contribution >= 0.6 is 0 Å². The first-order valence-electron chi connectivity index (χ1n) is 11.1. The van der Waals surface area contributed by atoms with Crippen LogP contribution in [0.5, 0.6) is 5.88 Å². The minimum absolute atomic E-state index is 0.270. The van der Waals surface area contributed by atoms with E-state index in [2.05, 4.69) is 26.9 Å². The molecule has 3 fully saturated rings. The van der Waals surface area contributed by atoms with Crippen LogP contribution in [0, 0.1) is 5.92 Å². The molecule has 9 nitrogen and oxygen atoms in total. The Hall–Kier alpha value is -2.98. The molecule has 174 valence electrons. The molecule has 2 amide bonds. The molecule has 1 aliphatic heterocycles. The Morgan fingerprint density at radius 2 is 2.03 bits per heavy atom. The maximum atomic E-state index is 13.0. The summed E-state index contributed by atoms with van der Waals surface area (Å²) in [7, 11) is -3.70. The highest BCUT2D eigenvalue weighted by Crippen LogP contribution is 2.45. The predicted octanol–water partition coefficient (Wildman–Crippen LogP) is 1.01. The van der Waals surface area contributed by atoms with Gasteiger partial charge in [0.25, 0.3) is 5.91 Å². The van der Waals surface area contributed by atoms with Crippen molar-refractivity contribution < 1.29 is 22.7 Å². The van der Waals surface area contributed by atoms with Crippen molar-refractivity contribution in [3.8, 4) is 5.88 Å². The van der Waals surface area contributed by atoms with E-state index in [0.717, 1.165) is 10.8 Å². The molecule has 1 saturated heterocycles. The number of nitrogens with one attached hydrogen (secondary N) is 3. The predicted molar refractivity (Wildman–Crippen MR) is 122 cm³/mol. The molecule has 3 aliphatic rings. The molecule has 2 aliphatic carbocycles. The van der Waals surface area contributed by atoms with E-state index in [1.165, 1.54) is 0 Å². The zero-order chi connectivity index (χ0) is 23.2. The first-order valence-corrected chi connectivity index (χ1v) is 12.6. The zero-order valence-corrected chi connectivity index (χ0v) is 18.8. The van der Waals surface area contributed by atoms with Gasteiger partial charge in [-0.05, 0) is 36.8 Å². The number of aromatic nitrogens is 1. The number of hydrogen-bond donors (Lipinski definition) is 3. The van der Waals surface area contributed by atoms with Crippen LogP contribution in [0.1, 0.15) is 25.7 Å². The highest BCUT2D eigenvalue weighted by molar-refractivity contribution is 7.91. The van der Waals surface area contributed by atoms with E-state index in [0.29, 0.717) is 38.1 Å². The Kier molecular flexibility index (Phi) is 5.37. The number of fused-ring (bicyclic) bond motifs is 1. The summed E-state index contributed by atoms with van der Waals surface area (Å²) in [6.07, 6.45) is 4.80. The van der Waals surface area contributed by atoms with Crippen LogP contribution in [0.25, 0.3) is 10.8 Å². The number of rotatable bonds is 8. The standard InChI is InChI=1S/C23H26N4O5S/c1-2-15-12-23(15,22(29)27-33(30,31)17-7-8-17)26-20(28)19-11-16(13-25-19)32-21-18-6-4-3-5-14(18)9-10-24-21/h2-6,9-10,15-17,19,25H,1,7-8,11-13H2,(H,26,28)(H,27,29). The van der Waals surface area contributed by atoms with Gasteiger partial charge in [-0.2, -0.15) is 0 Å². The van der Waals surface area contributed by atoms with Crippen LogP contribution in [0.2, 0.25) is 0 Å². The van der Waals surface area contributed by atoms with Crippen LogP contribution in [0.4, 0.5) is 0 Å². The van der Waals surface area contributed by atoms with E-state index in [-0.39, 0.29) is 17.9 Å². The molecule has 4 unspecified atom stereocenters. The van der Waals surface area contributed by atoms with Crippen molar-refractivity contribution in [3.05, 3.63) is 49.2 Å². The number of amides is 2. The number of carbonyl (C=O) groups excluding carboxylic acids is 2. The van der Waals surface area contributed by atoms with Crippen molar-refractivity contribution in [2.75, 3.05) is 6.54 Å². The van der Waals surface area contributed by atoms with Crippen molar-refractivity contribution in [3.63, 3.8) is 0 Å². The average Bonchev–Trinajstić information content (AvgIpc) is 3.71. The molecular weight excluding hydrogens is 444 g/mol. The maximum absolute atomic E-state index is 13.0. The maximum Gasteiger partial charge on any atom is 0.259 e. The van der Waals surface area contributed by atoms with E-state index in [1.54, 1.807) is 12.3 Å². The SMILES string of the molecule is C=CC1CC1(NC(=O)C1CC(Oc2nccc3ccccc23)CN1)C(=O)NS(=O)(=O)C1CC1. The smallest absolute Gasteiger partial charge is 0.259 e. The zero-order valence-electron chi connectivity index (χ0n) is 18.0. The second-order valence-corrected chi connectivity index (χ2v) is 10.9. The summed E-state index contributed by atoms with van der Waals surface area (Å²) in [4.78, 5) is 30.1. The third-order valence-electron chi connectivity index (χ3n) is 6.57. The van der Waals surface area contributed by atoms with Gasteiger partial charge in [0.2, 0.25) is 21.8 Å². The topological polar surface area (TPSA) is 126 Å². The van der Waals surface area contributed by atoms with Gasteiger partial charge in [-0.15, -0.1) is 6.58 Å². The van der Waals surface area contributed by atoms with Gasteiger partial charge in [-0.1, -0.05) is 24.3 Å². The van der Waals surface area contributed by atoms with Crippen LogP contribution in [-0.4, -0.2) is 54.7 Å². The van der Waals surface area contributed by atoms with Gasteiger partial charge >= 0.3 is 0 Å². The molecule has 0 spiro atoms. The second-order valence-electron chi connectivity index (χ2n) is 8.96. The Morgan fingerprint density at radius 3 is 2.76 bits per heavy atom. The van der Waals surface area contributed by atoms with Crippen molar-refractivity contribution in [1.82, 2.24) is 20.3 Å². The third-order valence-corrected chi connectivity index (χ3v) is 8.39. The largest absolute Gasteiger partial charge is 0.472 e. The van der Waals surface area contributed by atoms with E-state index < -0.39 is 32.8 Å². The molecule has 3 N–H and O–H groups in total. The van der Waals surface area contributed by atoms with E-state index in [1.807, 2.05) is 30.3 Å². The highest BCUT2D eigenvalue weighted by Gasteiger charge is 2.61. The normalized spacial score (nSPS) is 28.8. The fraction of sp³-hybridized carbons (Fsp3) is 0.435. The number of carbonyl (C=O) groups is 2. The van der Waals surface area contributed by atoms with Gasteiger partial charge in [0.1, 0.15) is 11.6 Å². The first kappa shape index (κ1) is 21.8. The fourth-order valence-electron chi connectivity index (χ4n) is 4.36. The first-order chi connectivity index (χ1) is 15.8. The lowest BCUT2D eigenvalue weighted by Crippen LogP contribution is -2.55. The summed E-state index contributed by atoms with van der Waals surface area (Å²) in [6, 6.07) is 9.11. The monoisotopic (exact) mass is 470 g/mol. The van der Waals surface area contributed by atoms with E-state index in [4.69, 9.17) is 4.74 Å². The number of sulfonamides is 1. The molecule has 2 saturated carbocycles. The van der Waals surface area contributed by atoms with Crippen LogP contribution in [0.3, 0.4) is 0 Å². The van der Waals surface area contributed by atoms with E-state index in [9.17, 15) is 18.0 Å². The van der Waals surface area contributed by atoms with Crippen molar-refractivity contribution in [2.45, 2.75) is 48.6 Å². The average molecular weight is 471 g/mol. The molecule has 1 aromatic carbocycles. The number of ether oxygens (including phenoxy) is 1. The van der Waals surface area contributed by atoms with Crippen molar-refractivity contribution in [2.24, 2.45) is 5.92 Å². The molecule has 0 radical (unpaired) electrons. The quantitative estimate of drug-likeness (QED) is 0.492. The lowest BCUT2D eigenvalue weighted by atomic mass is 10.1. The molecule has 4 atom stereocenters. The molecule has 33 heavy (non-hydrogen) atoms. The molecule has 5 rings (SSSR count). The number of nitrogens with zero attached hydrogens (tertiary/aromatic N) is 1. The Morgan fingerprint density at radius 1 is 1.24 bits per heavy atom. The molecular formula is C23H26N4O5S. The molecule has 10 heteroatoms. The Labute approximate surface area is 192 Å². The second kappa shape index (κ2) is 8.11. The minimum atomic E-state index is -3.70. The summed E-state index contributed by atoms with van der Waals surface area (Å²) < 4.78 is 32.7. The van der Waals surface area contributed by atoms with Gasteiger partial charge in [0, 0.05) is 30.5 Å². The molecule has 2 heterocycles. The summed E-state index contributed by atoms with van der Waals surface area (Å²) in [6.45, 7) is 4.16. The Balaban J connectivity index is 1.23. The summed E-state index contributed by atoms with van der Waals surface area (Å²) in [5.41, 5.74) is -1.28. The van der Waals surface area contributed by atoms with Crippen LogP contribution in [-0.2, 0) is 19.6 Å². The van der Waals surface area contributed by atoms with Gasteiger partial charge in [-0.3, -0.25) is 14.3 Å². The van der Waals surface area contributed by atoms with Gasteiger partial charge < -0.3 is 15.4 Å². The molecule has 2 aromatic rings. The highest BCUT2D eigenvalue weighted by atomic mass is 32.2. The van der Waals surface area contributed by atoms with Crippen LogP contribution in [0.15, 0.2) is 49.2 Å². The van der Waals surface area contributed by atoms with Gasteiger partial charge in [0.05, 0.1) is 11.3 Å². The molecule has 1 aromatic heterocycles. The van der Waals surface area contributed by atoms with Gasteiger partial charge in [0.15, 0.2) is 0 Å². The third kappa shape index (κ3) is 4.20. The lowest BCUT2D eigenvalue weighted by molar-refractivity contribution is -0.130. The van der Waals surface area contributed by atoms with Crippen LogP contribution < -0.4 is 20.1 Å². The number of hydrogen-bond acceptors (Lipinski definition) is 7. The molecule has 0 bridgehead atoms. The Bertz CT molecular complexity index is 1220. The minimum Gasteiger partial charge on any atom is -0.472 e. The van der Waals surface area contributed by atoms with Crippen molar-refractivity contribution >= 4 is 32.6 Å². The summed E-state index contributed by atoms with van der Waals surface area (Å²) in [5.74, 6) is -0.867.